The zero-order valence-corrected chi connectivity index (χ0v) is 19.1. The van der Waals surface area contributed by atoms with Crippen molar-refractivity contribution in [1.82, 2.24) is 5.32 Å². The van der Waals surface area contributed by atoms with E-state index in [1.165, 1.54) is 23.1 Å². The van der Waals surface area contributed by atoms with Gasteiger partial charge in [-0.05, 0) is 60.0 Å². The van der Waals surface area contributed by atoms with E-state index in [-0.39, 0.29) is 36.4 Å². The summed E-state index contributed by atoms with van der Waals surface area (Å²) >= 11 is 12.0. The van der Waals surface area contributed by atoms with Crippen LogP contribution in [-0.2, 0) is 17.8 Å². The molecule has 0 radical (unpaired) electrons. The van der Waals surface area contributed by atoms with Crippen molar-refractivity contribution in [3.05, 3.63) is 98.8 Å². The summed E-state index contributed by atoms with van der Waals surface area (Å²) in [6.07, 6.45) is 0.166. The molecule has 0 bridgehead atoms. The van der Waals surface area contributed by atoms with Gasteiger partial charge in [0, 0.05) is 24.7 Å². The minimum absolute atomic E-state index is 0.166. The Morgan fingerprint density at radius 2 is 1.67 bits per heavy atom. The highest BCUT2D eigenvalue weighted by molar-refractivity contribution is 6.42. The lowest BCUT2D eigenvalue weighted by molar-refractivity contribution is -0.120. The molecule has 0 aliphatic carbocycles. The Hall–Kier alpha value is -3.22. The monoisotopic (exact) mass is 484 g/mol. The number of ketones is 1. The second-order valence-electron chi connectivity index (χ2n) is 7.81. The molecule has 0 spiro atoms. The Labute approximate surface area is 200 Å². The van der Waals surface area contributed by atoms with Crippen molar-refractivity contribution in [2.75, 3.05) is 11.9 Å². The lowest BCUT2D eigenvalue weighted by atomic mass is 9.85. The maximum Gasteiger partial charge on any atom is 0.251 e. The van der Waals surface area contributed by atoms with E-state index >= 15 is 0 Å². The molecule has 1 unspecified atom stereocenters. The van der Waals surface area contributed by atoms with Crippen LogP contribution in [0.4, 0.5) is 10.1 Å². The molecule has 1 N–H and O–H groups in total. The number of carbonyl (C=O) groups is 3. The first-order valence-electron chi connectivity index (χ1n) is 10.2. The molecule has 1 aliphatic rings. The van der Waals surface area contributed by atoms with Crippen LogP contribution in [0.1, 0.15) is 31.8 Å². The number of hydrogen-bond acceptors (Lipinski definition) is 3. The number of anilines is 1. The van der Waals surface area contributed by atoms with Gasteiger partial charge in [0.25, 0.3) is 5.91 Å². The molecule has 5 nitrogen and oxygen atoms in total. The molecule has 2 amide bonds. The average Bonchev–Trinajstić information content (AvgIpc) is 2.81. The molecule has 1 aliphatic heterocycles. The summed E-state index contributed by atoms with van der Waals surface area (Å²) in [6, 6.07) is 15.5. The van der Waals surface area contributed by atoms with E-state index in [0.717, 1.165) is 5.56 Å². The molecular weight excluding hydrogens is 466 g/mol. The third kappa shape index (κ3) is 4.77. The number of halogens is 3. The maximum absolute atomic E-state index is 13.2. The van der Waals surface area contributed by atoms with Gasteiger partial charge >= 0.3 is 0 Å². The van der Waals surface area contributed by atoms with Crippen LogP contribution in [0.15, 0.2) is 60.7 Å². The van der Waals surface area contributed by atoms with Crippen molar-refractivity contribution in [2.24, 2.45) is 5.92 Å². The van der Waals surface area contributed by atoms with Gasteiger partial charge in [-0.2, -0.15) is 0 Å². The molecule has 3 aromatic rings. The normalized spacial score (nSPS) is 15.4. The molecule has 0 aromatic heterocycles. The van der Waals surface area contributed by atoms with Gasteiger partial charge in [-0.25, -0.2) is 4.39 Å². The van der Waals surface area contributed by atoms with Gasteiger partial charge in [0.15, 0.2) is 5.78 Å². The Kier molecular flexibility index (Phi) is 6.49. The Morgan fingerprint density at radius 1 is 0.970 bits per heavy atom. The highest BCUT2D eigenvalue weighted by Crippen LogP contribution is 2.33. The van der Waals surface area contributed by atoms with Crippen molar-refractivity contribution < 1.29 is 18.8 Å². The van der Waals surface area contributed by atoms with Crippen LogP contribution in [0.2, 0.25) is 10.0 Å². The second-order valence-corrected chi connectivity index (χ2v) is 8.62. The highest BCUT2D eigenvalue weighted by Gasteiger charge is 2.38. The van der Waals surface area contributed by atoms with Gasteiger partial charge in [0.2, 0.25) is 5.91 Å². The van der Waals surface area contributed by atoms with Crippen molar-refractivity contribution in [3.8, 4) is 0 Å². The van der Waals surface area contributed by atoms with E-state index in [9.17, 15) is 18.8 Å². The predicted octanol–water partition coefficient (Wildman–Crippen LogP) is 5.08. The molecule has 1 atom stereocenters. The summed E-state index contributed by atoms with van der Waals surface area (Å²) in [7, 11) is 1.60. The summed E-state index contributed by atoms with van der Waals surface area (Å²) in [4.78, 5) is 40.2. The number of Topliss-reactive ketones (excluding diaryl/α,β-unsaturated/α-hetero) is 1. The fraction of sp³-hybridized carbons (Fsp3) is 0.160. The summed E-state index contributed by atoms with van der Waals surface area (Å²) in [5.41, 5.74) is 2.49. The Morgan fingerprint density at radius 3 is 2.36 bits per heavy atom. The van der Waals surface area contributed by atoms with E-state index < -0.39 is 5.92 Å². The number of carbonyl (C=O) groups excluding carboxylic acids is 3. The van der Waals surface area contributed by atoms with E-state index in [2.05, 4.69) is 5.32 Å². The van der Waals surface area contributed by atoms with E-state index in [1.54, 1.807) is 49.5 Å². The summed E-state index contributed by atoms with van der Waals surface area (Å²) in [6.45, 7) is 0.211. The zero-order valence-electron chi connectivity index (χ0n) is 17.6. The zero-order chi connectivity index (χ0) is 23.7. The number of fused-ring (bicyclic) bond motifs is 1. The summed E-state index contributed by atoms with van der Waals surface area (Å²) in [5.74, 6) is -2.35. The third-order valence-electron chi connectivity index (χ3n) is 5.62. The van der Waals surface area contributed by atoms with Crippen molar-refractivity contribution >= 4 is 46.5 Å². The lowest BCUT2D eigenvalue weighted by Crippen LogP contribution is -2.43. The second kappa shape index (κ2) is 9.33. The van der Waals surface area contributed by atoms with Gasteiger partial charge in [0.1, 0.15) is 11.7 Å². The first kappa shape index (κ1) is 23.0. The lowest BCUT2D eigenvalue weighted by Gasteiger charge is -2.31. The Balaban J connectivity index is 1.56. The number of nitrogens with zero attached hydrogens (tertiary/aromatic N) is 1. The van der Waals surface area contributed by atoms with Crippen molar-refractivity contribution in [2.45, 2.75) is 13.0 Å². The van der Waals surface area contributed by atoms with Gasteiger partial charge in [0.05, 0.1) is 15.7 Å². The van der Waals surface area contributed by atoms with Crippen molar-refractivity contribution in [1.29, 1.82) is 0 Å². The molecule has 1 heterocycles. The SMILES string of the molecule is CN1C(=O)C(Cc2ccc(Cl)c(Cl)c2)C(=O)c2cc(C(=O)NCc3ccc(F)cc3)ccc21. The van der Waals surface area contributed by atoms with Crippen LogP contribution in [0.25, 0.3) is 0 Å². The number of rotatable bonds is 5. The van der Waals surface area contributed by atoms with Gasteiger partial charge in [-0.1, -0.05) is 41.4 Å². The van der Waals surface area contributed by atoms with Crippen LogP contribution < -0.4 is 10.2 Å². The molecule has 3 aromatic carbocycles. The van der Waals surface area contributed by atoms with Crippen molar-refractivity contribution in [3.63, 3.8) is 0 Å². The van der Waals surface area contributed by atoms with Gasteiger partial charge < -0.3 is 10.2 Å². The minimum atomic E-state index is -0.933. The topological polar surface area (TPSA) is 66.5 Å². The third-order valence-corrected chi connectivity index (χ3v) is 6.36. The standard InChI is InChI=1S/C25H19Cl2FN2O3/c1-30-22-9-5-16(24(32)29-13-14-2-6-17(28)7-3-14)12-18(22)23(31)19(25(30)33)10-15-4-8-20(26)21(27)11-15/h2-9,11-12,19H,10,13H2,1H3,(H,29,32). The van der Waals surface area contributed by atoms with Gasteiger partial charge in [-0.3, -0.25) is 14.4 Å². The largest absolute Gasteiger partial charge is 0.348 e. The average molecular weight is 485 g/mol. The minimum Gasteiger partial charge on any atom is -0.348 e. The number of hydrogen-bond donors (Lipinski definition) is 1. The van der Waals surface area contributed by atoms with E-state index in [0.29, 0.717) is 32.4 Å². The quantitative estimate of drug-likeness (QED) is 0.513. The molecular formula is C25H19Cl2FN2O3. The fourth-order valence-electron chi connectivity index (χ4n) is 3.79. The maximum atomic E-state index is 13.2. The highest BCUT2D eigenvalue weighted by atomic mass is 35.5. The molecule has 0 saturated heterocycles. The smallest absolute Gasteiger partial charge is 0.251 e. The number of amides is 2. The van der Waals surface area contributed by atoms with E-state index in [1.807, 2.05) is 0 Å². The first-order valence-corrected chi connectivity index (χ1v) is 10.9. The van der Waals surface area contributed by atoms with Crippen LogP contribution in [-0.4, -0.2) is 24.6 Å². The van der Waals surface area contributed by atoms with Crippen LogP contribution in [0.5, 0.6) is 0 Å². The first-order chi connectivity index (χ1) is 15.7. The molecule has 4 rings (SSSR count). The molecule has 33 heavy (non-hydrogen) atoms. The fourth-order valence-corrected chi connectivity index (χ4v) is 4.11. The van der Waals surface area contributed by atoms with Crippen LogP contribution in [0.3, 0.4) is 0 Å². The Bertz CT molecular complexity index is 1260. The number of nitrogens with one attached hydrogen (secondary N) is 1. The van der Waals surface area contributed by atoms with E-state index in [4.69, 9.17) is 23.2 Å². The molecule has 168 valence electrons. The summed E-state index contributed by atoms with van der Waals surface area (Å²) < 4.78 is 13.1. The van der Waals surface area contributed by atoms with Crippen LogP contribution in [0, 0.1) is 11.7 Å². The number of benzene rings is 3. The molecule has 0 fully saturated rings. The molecule has 8 heteroatoms. The summed E-state index contributed by atoms with van der Waals surface area (Å²) in [5, 5.41) is 3.49. The van der Waals surface area contributed by atoms with Gasteiger partial charge in [-0.15, -0.1) is 0 Å². The molecule has 0 saturated carbocycles. The van der Waals surface area contributed by atoms with Crippen LogP contribution >= 0.6 is 23.2 Å². The predicted molar refractivity (Wildman–Crippen MR) is 125 cm³/mol.